The number of ether oxygens (including phenoxy) is 1. The molecule has 2 aromatic rings. The summed E-state index contributed by atoms with van der Waals surface area (Å²) in [6.45, 7) is 1.97. The van der Waals surface area contributed by atoms with Crippen molar-refractivity contribution in [1.82, 2.24) is 5.16 Å². The van der Waals surface area contributed by atoms with E-state index in [0.717, 1.165) is 17.5 Å². The SMILES string of the molecule is COC(C)Cc1ccccc1-c1cc(C(=O)O)no1. The van der Waals surface area contributed by atoms with Crippen LogP contribution in [0, 0.1) is 0 Å². The summed E-state index contributed by atoms with van der Waals surface area (Å²) in [6.07, 6.45) is 0.790. The van der Waals surface area contributed by atoms with Gasteiger partial charge >= 0.3 is 5.97 Å². The Kier molecular flexibility index (Phi) is 3.97. The first-order chi connectivity index (χ1) is 9.11. The fourth-order valence-corrected chi connectivity index (χ4v) is 1.83. The summed E-state index contributed by atoms with van der Waals surface area (Å²) < 4.78 is 10.3. The molecule has 5 heteroatoms. The standard InChI is InChI=1S/C14H15NO4/c1-9(18-2)7-10-5-3-4-6-11(10)13-8-12(14(16)17)15-19-13/h3-6,8-9H,7H2,1-2H3,(H,16,17). The number of rotatable bonds is 5. The van der Waals surface area contributed by atoms with Crippen molar-refractivity contribution in [3.05, 3.63) is 41.6 Å². The summed E-state index contributed by atoms with van der Waals surface area (Å²) in [5.41, 5.74) is 1.78. The van der Waals surface area contributed by atoms with E-state index in [1.807, 2.05) is 31.2 Å². The molecule has 1 atom stereocenters. The summed E-state index contributed by atoms with van der Waals surface area (Å²) >= 11 is 0. The first-order valence-electron chi connectivity index (χ1n) is 5.93. The average molecular weight is 261 g/mol. The van der Waals surface area contributed by atoms with E-state index >= 15 is 0 Å². The van der Waals surface area contributed by atoms with E-state index in [1.54, 1.807) is 7.11 Å². The van der Waals surface area contributed by atoms with Crippen LogP contribution in [0.2, 0.25) is 0 Å². The van der Waals surface area contributed by atoms with Crippen LogP contribution < -0.4 is 0 Å². The lowest BCUT2D eigenvalue weighted by Crippen LogP contribution is -2.09. The van der Waals surface area contributed by atoms with Gasteiger partial charge in [-0.2, -0.15) is 0 Å². The number of hydrogen-bond acceptors (Lipinski definition) is 4. The van der Waals surface area contributed by atoms with Crippen LogP contribution in [0.1, 0.15) is 23.0 Å². The minimum Gasteiger partial charge on any atom is -0.476 e. The van der Waals surface area contributed by atoms with Gasteiger partial charge < -0.3 is 14.4 Å². The van der Waals surface area contributed by atoms with E-state index in [1.165, 1.54) is 6.07 Å². The van der Waals surface area contributed by atoms with Crippen molar-refractivity contribution >= 4 is 5.97 Å². The third-order valence-corrected chi connectivity index (χ3v) is 2.92. The zero-order valence-corrected chi connectivity index (χ0v) is 10.8. The molecule has 1 heterocycles. The van der Waals surface area contributed by atoms with Crippen molar-refractivity contribution in [3.8, 4) is 11.3 Å². The Morgan fingerprint density at radius 2 is 2.21 bits per heavy atom. The van der Waals surface area contributed by atoms with Crippen LogP contribution in [0.15, 0.2) is 34.9 Å². The number of carbonyl (C=O) groups is 1. The predicted octanol–water partition coefficient (Wildman–Crippen LogP) is 2.62. The number of carboxylic acid groups (broad SMARTS) is 1. The third-order valence-electron chi connectivity index (χ3n) is 2.92. The minimum atomic E-state index is -1.10. The molecule has 5 nitrogen and oxygen atoms in total. The molecular weight excluding hydrogens is 246 g/mol. The molecule has 19 heavy (non-hydrogen) atoms. The van der Waals surface area contributed by atoms with Gasteiger partial charge in [0.25, 0.3) is 0 Å². The lowest BCUT2D eigenvalue weighted by molar-refractivity contribution is 0.0686. The molecule has 0 radical (unpaired) electrons. The van der Waals surface area contributed by atoms with Gasteiger partial charge in [0.05, 0.1) is 6.10 Å². The molecule has 0 saturated heterocycles. The zero-order chi connectivity index (χ0) is 13.8. The number of hydrogen-bond donors (Lipinski definition) is 1. The van der Waals surface area contributed by atoms with Gasteiger partial charge in [-0.05, 0) is 18.9 Å². The second kappa shape index (κ2) is 5.67. The number of benzene rings is 1. The Morgan fingerprint density at radius 3 is 2.84 bits per heavy atom. The zero-order valence-electron chi connectivity index (χ0n) is 10.8. The molecule has 1 aromatic carbocycles. The minimum absolute atomic E-state index is 0.0722. The van der Waals surface area contributed by atoms with E-state index in [4.69, 9.17) is 14.4 Å². The highest BCUT2D eigenvalue weighted by molar-refractivity contribution is 5.86. The lowest BCUT2D eigenvalue weighted by Gasteiger charge is -2.11. The molecule has 0 saturated carbocycles. The van der Waals surface area contributed by atoms with Gasteiger partial charge in [0.15, 0.2) is 11.5 Å². The maximum Gasteiger partial charge on any atom is 0.358 e. The van der Waals surface area contributed by atoms with Crippen LogP contribution in [0.5, 0.6) is 0 Å². The molecule has 0 amide bonds. The number of carboxylic acids is 1. The van der Waals surface area contributed by atoms with Gasteiger partial charge in [0, 0.05) is 18.7 Å². The Labute approximate surface area is 110 Å². The molecule has 1 aromatic heterocycles. The molecule has 0 spiro atoms. The van der Waals surface area contributed by atoms with Crippen LogP contribution in [-0.4, -0.2) is 29.4 Å². The highest BCUT2D eigenvalue weighted by Gasteiger charge is 2.15. The second-order valence-electron chi connectivity index (χ2n) is 4.29. The second-order valence-corrected chi connectivity index (χ2v) is 4.29. The fourth-order valence-electron chi connectivity index (χ4n) is 1.83. The van der Waals surface area contributed by atoms with Crippen molar-refractivity contribution < 1.29 is 19.2 Å². The van der Waals surface area contributed by atoms with Gasteiger partial charge in [-0.25, -0.2) is 4.79 Å². The van der Waals surface area contributed by atoms with Gasteiger partial charge in [-0.3, -0.25) is 0 Å². The fraction of sp³-hybridized carbons (Fsp3) is 0.286. The monoisotopic (exact) mass is 261 g/mol. The first-order valence-corrected chi connectivity index (χ1v) is 5.93. The molecule has 1 N–H and O–H groups in total. The van der Waals surface area contributed by atoms with E-state index in [9.17, 15) is 4.79 Å². The summed E-state index contributed by atoms with van der Waals surface area (Å²) in [7, 11) is 1.66. The van der Waals surface area contributed by atoms with Crippen LogP contribution in [-0.2, 0) is 11.2 Å². The van der Waals surface area contributed by atoms with E-state index in [2.05, 4.69) is 5.16 Å². The number of nitrogens with zero attached hydrogens (tertiary/aromatic N) is 1. The van der Waals surface area contributed by atoms with Crippen molar-refractivity contribution in [2.45, 2.75) is 19.4 Å². The van der Waals surface area contributed by atoms with E-state index in [0.29, 0.717) is 5.76 Å². The summed E-state index contributed by atoms with van der Waals surface area (Å²) in [5, 5.41) is 12.4. The maximum atomic E-state index is 10.8. The van der Waals surface area contributed by atoms with E-state index < -0.39 is 5.97 Å². The summed E-state index contributed by atoms with van der Waals surface area (Å²) in [5.74, 6) is -0.644. The number of aromatic nitrogens is 1. The molecule has 0 aliphatic rings. The summed E-state index contributed by atoms with van der Waals surface area (Å²) in [6, 6.07) is 9.07. The van der Waals surface area contributed by atoms with Gasteiger partial charge in [-0.15, -0.1) is 0 Å². The number of aromatic carboxylic acids is 1. The van der Waals surface area contributed by atoms with Crippen LogP contribution in [0.25, 0.3) is 11.3 Å². The van der Waals surface area contributed by atoms with E-state index in [-0.39, 0.29) is 11.8 Å². The van der Waals surface area contributed by atoms with Crippen molar-refractivity contribution in [1.29, 1.82) is 0 Å². The van der Waals surface area contributed by atoms with Crippen LogP contribution in [0.4, 0.5) is 0 Å². The van der Waals surface area contributed by atoms with Gasteiger partial charge in [0.2, 0.25) is 0 Å². The molecule has 1 unspecified atom stereocenters. The Bertz CT molecular complexity index is 576. The number of methoxy groups -OCH3 is 1. The highest BCUT2D eigenvalue weighted by atomic mass is 16.5. The van der Waals surface area contributed by atoms with Crippen LogP contribution in [0.3, 0.4) is 0 Å². The smallest absolute Gasteiger partial charge is 0.358 e. The van der Waals surface area contributed by atoms with Gasteiger partial charge in [0.1, 0.15) is 0 Å². The van der Waals surface area contributed by atoms with Crippen molar-refractivity contribution in [3.63, 3.8) is 0 Å². The topological polar surface area (TPSA) is 72.6 Å². The largest absolute Gasteiger partial charge is 0.476 e. The molecule has 2 rings (SSSR count). The lowest BCUT2D eigenvalue weighted by atomic mass is 10.00. The Balaban J connectivity index is 2.35. The van der Waals surface area contributed by atoms with Crippen molar-refractivity contribution in [2.75, 3.05) is 7.11 Å². The van der Waals surface area contributed by atoms with Crippen LogP contribution >= 0.6 is 0 Å². The normalized spacial score (nSPS) is 12.3. The Morgan fingerprint density at radius 1 is 1.47 bits per heavy atom. The highest BCUT2D eigenvalue weighted by Crippen LogP contribution is 2.25. The van der Waals surface area contributed by atoms with Gasteiger partial charge in [-0.1, -0.05) is 29.4 Å². The molecule has 0 bridgehead atoms. The molecular formula is C14H15NO4. The maximum absolute atomic E-state index is 10.8. The average Bonchev–Trinajstić information content (AvgIpc) is 2.89. The quantitative estimate of drug-likeness (QED) is 0.895. The first kappa shape index (κ1) is 13.3. The van der Waals surface area contributed by atoms with Crippen molar-refractivity contribution in [2.24, 2.45) is 0 Å². The predicted molar refractivity (Wildman–Crippen MR) is 69.1 cm³/mol. The molecule has 100 valence electrons. The summed E-state index contributed by atoms with van der Waals surface area (Å²) in [4.78, 5) is 10.8. The Hall–Kier alpha value is -2.14. The molecule has 0 aliphatic heterocycles. The molecule has 0 aliphatic carbocycles. The molecule has 0 fully saturated rings. The third kappa shape index (κ3) is 3.00.